The number of nitrogens with zero attached hydrogens (tertiary/aromatic N) is 4. The zero-order valence-electron chi connectivity index (χ0n) is 14.6. The van der Waals surface area contributed by atoms with E-state index in [2.05, 4.69) is 15.7 Å². The Bertz CT molecular complexity index is 943. The zero-order valence-corrected chi connectivity index (χ0v) is 14.6. The van der Waals surface area contributed by atoms with Gasteiger partial charge in [-0.3, -0.25) is 19.4 Å². The number of amides is 3. The second-order valence-electron chi connectivity index (χ2n) is 6.40. The van der Waals surface area contributed by atoms with Gasteiger partial charge in [-0.15, -0.1) is 0 Å². The molecule has 2 aliphatic rings. The summed E-state index contributed by atoms with van der Waals surface area (Å²) in [6.45, 7) is 1.72. The van der Waals surface area contributed by atoms with Crippen LogP contribution in [0.3, 0.4) is 0 Å². The van der Waals surface area contributed by atoms with Crippen molar-refractivity contribution in [3.8, 4) is 0 Å². The predicted molar refractivity (Wildman–Crippen MR) is 97.9 cm³/mol. The van der Waals surface area contributed by atoms with Gasteiger partial charge in [0, 0.05) is 5.69 Å². The van der Waals surface area contributed by atoms with Crippen molar-refractivity contribution >= 4 is 29.1 Å². The highest BCUT2D eigenvalue weighted by Crippen LogP contribution is 2.31. The Morgan fingerprint density at radius 1 is 1.04 bits per heavy atom. The Morgan fingerprint density at radius 3 is 2.48 bits per heavy atom. The molecule has 2 atom stereocenters. The Morgan fingerprint density at radius 2 is 1.74 bits per heavy atom. The third-order valence-corrected chi connectivity index (χ3v) is 4.60. The summed E-state index contributed by atoms with van der Waals surface area (Å²) in [7, 11) is 0. The first-order valence-electron chi connectivity index (χ1n) is 8.52. The van der Waals surface area contributed by atoms with Crippen molar-refractivity contribution in [1.29, 1.82) is 0 Å². The lowest BCUT2D eigenvalue weighted by Crippen LogP contribution is -2.43. The number of aryl methyl sites for hydroxylation is 1. The van der Waals surface area contributed by atoms with Gasteiger partial charge in [0.1, 0.15) is 6.54 Å². The third kappa shape index (κ3) is 2.95. The van der Waals surface area contributed by atoms with Crippen LogP contribution in [0.2, 0.25) is 0 Å². The lowest BCUT2D eigenvalue weighted by atomic mass is 10.1. The Balaban J connectivity index is 1.49. The Hall–Kier alpha value is -3.55. The molecule has 0 aromatic heterocycles. The first-order valence-corrected chi connectivity index (χ1v) is 8.52. The Labute approximate surface area is 155 Å². The molecule has 2 aliphatic heterocycles. The summed E-state index contributed by atoms with van der Waals surface area (Å²) in [5.74, 6) is -1.19. The number of benzene rings is 2. The summed E-state index contributed by atoms with van der Waals surface area (Å²) < 4.78 is 0. The van der Waals surface area contributed by atoms with Gasteiger partial charge in [0.05, 0.1) is 5.69 Å². The number of carbonyl (C=O) groups excluding carboxylic acids is 3. The number of rotatable bonds is 4. The highest BCUT2D eigenvalue weighted by molar-refractivity contribution is 6.25. The largest absolute Gasteiger partial charge is 0.324 e. The minimum absolute atomic E-state index is 0.166. The van der Waals surface area contributed by atoms with Gasteiger partial charge in [-0.25, -0.2) is 4.90 Å². The summed E-state index contributed by atoms with van der Waals surface area (Å²) in [6.07, 6.45) is 0. The van der Waals surface area contributed by atoms with E-state index in [1.54, 1.807) is 36.4 Å². The number of imide groups is 1. The second-order valence-corrected chi connectivity index (χ2v) is 6.40. The molecule has 27 heavy (non-hydrogen) atoms. The van der Waals surface area contributed by atoms with Crippen LogP contribution in [-0.2, 0) is 14.4 Å². The molecule has 2 aromatic rings. The lowest BCUT2D eigenvalue weighted by Gasteiger charge is -2.20. The van der Waals surface area contributed by atoms with Crippen LogP contribution in [0, 0.1) is 6.92 Å². The molecule has 1 fully saturated rings. The molecule has 0 spiro atoms. The number of anilines is 2. The third-order valence-electron chi connectivity index (χ3n) is 4.60. The monoisotopic (exact) mass is 363 g/mol. The van der Waals surface area contributed by atoms with E-state index in [4.69, 9.17) is 0 Å². The van der Waals surface area contributed by atoms with Crippen LogP contribution in [0.15, 0.2) is 64.9 Å². The van der Waals surface area contributed by atoms with Crippen LogP contribution < -0.4 is 10.2 Å². The fourth-order valence-electron chi connectivity index (χ4n) is 3.24. The summed E-state index contributed by atoms with van der Waals surface area (Å²) in [5.41, 5.74) is 2.10. The maximum Gasteiger partial charge on any atom is 0.263 e. The molecule has 136 valence electrons. The minimum Gasteiger partial charge on any atom is -0.324 e. The van der Waals surface area contributed by atoms with Gasteiger partial charge >= 0.3 is 0 Å². The lowest BCUT2D eigenvalue weighted by molar-refractivity contribution is -0.123. The van der Waals surface area contributed by atoms with Gasteiger partial charge < -0.3 is 5.32 Å². The van der Waals surface area contributed by atoms with Crippen molar-refractivity contribution in [2.75, 3.05) is 16.8 Å². The molecule has 1 N–H and O–H groups in total. The van der Waals surface area contributed by atoms with Gasteiger partial charge in [-0.1, -0.05) is 41.6 Å². The topological polar surface area (TPSA) is 94.4 Å². The van der Waals surface area contributed by atoms with Crippen LogP contribution in [0.5, 0.6) is 0 Å². The van der Waals surface area contributed by atoms with Gasteiger partial charge in [0.25, 0.3) is 11.8 Å². The average molecular weight is 363 g/mol. The first-order chi connectivity index (χ1) is 13.1. The molecule has 4 rings (SSSR count). The number of hydrogen-bond donors (Lipinski definition) is 1. The molecule has 8 heteroatoms. The Kier molecular flexibility index (Phi) is 4.15. The fourth-order valence-corrected chi connectivity index (χ4v) is 3.24. The van der Waals surface area contributed by atoms with Gasteiger partial charge in [-0.2, -0.15) is 5.11 Å². The average Bonchev–Trinajstić information content (AvgIpc) is 3.18. The van der Waals surface area contributed by atoms with Crippen molar-refractivity contribution in [3.63, 3.8) is 0 Å². The zero-order chi connectivity index (χ0) is 19.0. The van der Waals surface area contributed by atoms with Crippen molar-refractivity contribution in [1.82, 2.24) is 5.01 Å². The molecule has 2 heterocycles. The standard InChI is InChI=1S/C19H17N5O3/c1-12-7-5-6-10-14(12)20-15(25)11-23-17-16(21-22-23)18(26)24(19(17)27)13-8-3-2-4-9-13/h2-10,16-17H,11H2,1H3,(H,20,25)/t16-,17+/m1/s1. The van der Waals surface area contributed by atoms with Crippen molar-refractivity contribution < 1.29 is 14.4 Å². The number of carbonyl (C=O) groups is 3. The molecule has 0 saturated carbocycles. The molecule has 1 saturated heterocycles. The van der Waals surface area contributed by atoms with E-state index in [1.807, 2.05) is 25.1 Å². The van der Waals surface area contributed by atoms with E-state index < -0.39 is 23.9 Å². The summed E-state index contributed by atoms with van der Waals surface area (Å²) >= 11 is 0. The maximum absolute atomic E-state index is 12.8. The van der Waals surface area contributed by atoms with Crippen LogP contribution >= 0.6 is 0 Å². The predicted octanol–water partition coefficient (Wildman–Crippen LogP) is 1.93. The first kappa shape index (κ1) is 16.9. The van der Waals surface area contributed by atoms with E-state index in [9.17, 15) is 14.4 Å². The minimum atomic E-state index is -0.913. The summed E-state index contributed by atoms with van der Waals surface area (Å²) in [4.78, 5) is 38.9. The van der Waals surface area contributed by atoms with Gasteiger partial charge in [-0.05, 0) is 30.7 Å². The van der Waals surface area contributed by atoms with E-state index in [0.717, 1.165) is 10.5 Å². The number of hydrogen-bond acceptors (Lipinski definition) is 6. The maximum atomic E-state index is 12.8. The van der Waals surface area contributed by atoms with E-state index in [1.165, 1.54) is 5.01 Å². The second kappa shape index (κ2) is 6.64. The number of para-hydroxylation sites is 2. The normalized spacial score (nSPS) is 20.9. The van der Waals surface area contributed by atoms with E-state index in [0.29, 0.717) is 11.4 Å². The number of nitrogens with one attached hydrogen (secondary N) is 1. The molecule has 3 amide bonds. The molecule has 8 nitrogen and oxygen atoms in total. The molecular formula is C19H17N5O3. The molecule has 2 aromatic carbocycles. The molecule has 0 bridgehead atoms. The van der Waals surface area contributed by atoms with E-state index in [-0.39, 0.29) is 12.5 Å². The molecule has 0 radical (unpaired) electrons. The van der Waals surface area contributed by atoms with Crippen LogP contribution in [-0.4, -0.2) is 41.4 Å². The van der Waals surface area contributed by atoms with Crippen molar-refractivity contribution in [3.05, 3.63) is 60.2 Å². The molecular weight excluding hydrogens is 346 g/mol. The van der Waals surface area contributed by atoms with Crippen molar-refractivity contribution in [2.45, 2.75) is 19.0 Å². The molecule has 0 unspecified atom stereocenters. The van der Waals surface area contributed by atoms with E-state index >= 15 is 0 Å². The van der Waals surface area contributed by atoms with Crippen LogP contribution in [0.4, 0.5) is 11.4 Å². The quantitative estimate of drug-likeness (QED) is 0.840. The summed E-state index contributed by atoms with van der Waals surface area (Å²) in [6, 6.07) is 14.3. The van der Waals surface area contributed by atoms with Crippen molar-refractivity contribution in [2.24, 2.45) is 10.3 Å². The highest BCUT2D eigenvalue weighted by Gasteiger charge is 2.55. The van der Waals surface area contributed by atoms with Gasteiger partial charge in [0.2, 0.25) is 5.91 Å². The van der Waals surface area contributed by atoms with Crippen LogP contribution in [0.1, 0.15) is 5.56 Å². The smallest absolute Gasteiger partial charge is 0.263 e. The molecule has 0 aliphatic carbocycles. The van der Waals surface area contributed by atoms with Crippen LogP contribution in [0.25, 0.3) is 0 Å². The SMILES string of the molecule is Cc1ccccc1NC(=O)CN1N=N[C@H]2C(=O)N(c3ccccc3)C(=O)[C@H]21. The number of fused-ring (bicyclic) bond motifs is 1. The van der Waals surface area contributed by atoms with Gasteiger partial charge in [0.15, 0.2) is 12.1 Å². The fraction of sp³-hybridized carbons (Fsp3) is 0.211. The highest BCUT2D eigenvalue weighted by atomic mass is 16.2. The summed E-state index contributed by atoms with van der Waals surface area (Å²) in [5, 5.41) is 11.9.